The molecule has 18 heavy (non-hydrogen) atoms. The molecule has 0 fully saturated rings. The van der Waals surface area contributed by atoms with Gasteiger partial charge in [0.25, 0.3) is 0 Å². The van der Waals surface area contributed by atoms with Crippen molar-refractivity contribution in [3.63, 3.8) is 0 Å². The fourth-order valence-electron chi connectivity index (χ4n) is 1.91. The van der Waals surface area contributed by atoms with Crippen molar-refractivity contribution in [2.24, 2.45) is 0 Å². The maximum atomic E-state index is 13.8. The van der Waals surface area contributed by atoms with E-state index in [2.05, 4.69) is 5.32 Å². The molecule has 0 bridgehead atoms. The highest BCUT2D eigenvalue weighted by molar-refractivity contribution is 5.29. The molecule has 1 N–H and O–H groups in total. The molecule has 0 radical (unpaired) electrons. The maximum Gasteiger partial charge on any atom is 0.128 e. The van der Waals surface area contributed by atoms with Gasteiger partial charge in [0, 0.05) is 5.56 Å². The van der Waals surface area contributed by atoms with E-state index >= 15 is 0 Å². The number of aryl methyl sites for hydroxylation is 1. The fraction of sp³-hybridized carbons (Fsp3) is 0.286. The molecular formula is C14H15F2NO. The monoisotopic (exact) mass is 251 g/mol. The quantitative estimate of drug-likeness (QED) is 0.898. The summed E-state index contributed by atoms with van der Waals surface area (Å²) in [5.41, 5.74) is 0.256. The molecule has 2 nitrogen and oxygen atoms in total. The van der Waals surface area contributed by atoms with E-state index in [0.29, 0.717) is 12.3 Å². The topological polar surface area (TPSA) is 25.2 Å². The average Bonchev–Trinajstić information content (AvgIpc) is 2.76. The van der Waals surface area contributed by atoms with Gasteiger partial charge in [-0.2, -0.15) is 0 Å². The number of rotatable bonds is 4. The molecule has 1 heterocycles. The Labute approximate surface area is 105 Å². The molecule has 1 aromatic carbocycles. The van der Waals surface area contributed by atoms with Crippen LogP contribution in [-0.2, 0) is 0 Å². The standard InChI is InChI=1S/C14H15F2NO/c1-3-17-14(13-7-4-9(2)18-13)11-8-10(15)5-6-12(11)16/h4-8,14,17H,3H2,1-2H3. The Morgan fingerprint density at radius 1 is 1.22 bits per heavy atom. The normalized spacial score (nSPS) is 12.7. The summed E-state index contributed by atoms with van der Waals surface area (Å²) in [7, 11) is 0. The highest BCUT2D eigenvalue weighted by atomic mass is 19.1. The van der Waals surface area contributed by atoms with Crippen molar-refractivity contribution in [3.05, 3.63) is 59.1 Å². The predicted octanol–water partition coefficient (Wildman–Crippen LogP) is 3.57. The van der Waals surface area contributed by atoms with Gasteiger partial charge in [0.1, 0.15) is 23.2 Å². The van der Waals surface area contributed by atoms with Crippen LogP contribution in [0, 0.1) is 18.6 Å². The highest BCUT2D eigenvalue weighted by Gasteiger charge is 2.20. The Balaban J connectivity index is 2.44. The third kappa shape index (κ3) is 2.59. The third-order valence-electron chi connectivity index (χ3n) is 2.72. The lowest BCUT2D eigenvalue weighted by Gasteiger charge is -2.16. The van der Waals surface area contributed by atoms with Gasteiger partial charge >= 0.3 is 0 Å². The summed E-state index contributed by atoms with van der Waals surface area (Å²) in [4.78, 5) is 0. The number of halogens is 2. The Morgan fingerprint density at radius 2 is 2.00 bits per heavy atom. The summed E-state index contributed by atoms with van der Waals surface area (Å²) in [6.07, 6.45) is 0. The van der Waals surface area contributed by atoms with Gasteiger partial charge in [-0.1, -0.05) is 6.92 Å². The molecule has 2 aromatic rings. The van der Waals surface area contributed by atoms with Crippen molar-refractivity contribution in [1.29, 1.82) is 0 Å². The summed E-state index contributed by atoms with van der Waals surface area (Å²) in [6, 6.07) is 6.53. The molecule has 2 rings (SSSR count). The zero-order valence-electron chi connectivity index (χ0n) is 10.3. The minimum Gasteiger partial charge on any atom is -0.464 e. The third-order valence-corrected chi connectivity index (χ3v) is 2.72. The number of hydrogen-bond acceptors (Lipinski definition) is 2. The van der Waals surface area contributed by atoms with Crippen molar-refractivity contribution in [3.8, 4) is 0 Å². The first-order valence-corrected chi connectivity index (χ1v) is 5.86. The lowest BCUT2D eigenvalue weighted by molar-refractivity contribution is 0.425. The smallest absolute Gasteiger partial charge is 0.128 e. The summed E-state index contributed by atoms with van der Waals surface area (Å²) < 4.78 is 32.5. The molecule has 0 aliphatic rings. The molecule has 0 aliphatic heterocycles. The summed E-state index contributed by atoms with van der Waals surface area (Å²) in [6.45, 7) is 4.34. The van der Waals surface area contributed by atoms with Crippen LogP contribution in [0.4, 0.5) is 8.78 Å². The van der Waals surface area contributed by atoms with E-state index in [1.165, 1.54) is 6.07 Å². The second-order valence-electron chi connectivity index (χ2n) is 4.10. The van der Waals surface area contributed by atoms with Gasteiger partial charge in [-0.3, -0.25) is 0 Å². The van der Waals surface area contributed by atoms with Crippen LogP contribution in [0.3, 0.4) is 0 Å². The van der Waals surface area contributed by atoms with Crippen molar-refractivity contribution < 1.29 is 13.2 Å². The van der Waals surface area contributed by atoms with Gasteiger partial charge in [-0.15, -0.1) is 0 Å². The Hall–Kier alpha value is -1.68. The van der Waals surface area contributed by atoms with Gasteiger partial charge in [-0.05, 0) is 43.8 Å². The fourth-order valence-corrected chi connectivity index (χ4v) is 1.91. The number of furan rings is 1. The van der Waals surface area contributed by atoms with Crippen LogP contribution in [0.25, 0.3) is 0 Å². The molecule has 96 valence electrons. The minimum atomic E-state index is -0.473. The van der Waals surface area contributed by atoms with E-state index in [1.807, 2.05) is 13.8 Å². The second kappa shape index (κ2) is 5.31. The van der Waals surface area contributed by atoms with Gasteiger partial charge in [-0.25, -0.2) is 8.78 Å². The molecule has 1 atom stereocenters. The summed E-state index contributed by atoms with van der Waals surface area (Å²) in [5.74, 6) is 0.414. The Kier molecular flexibility index (Phi) is 3.77. The van der Waals surface area contributed by atoms with E-state index in [4.69, 9.17) is 4.42 Å². The van der Waals surface area contributed by atoms with E-state index in [1.54, 1.807) is 12.1 Å². The Bertz CT molecular complexity index is 536. The molecule has 0 amide bonds. The van der Waals surface area contributed by atoms with E-state index in [-0.39, 0.29) is 5.56 Å². The van der Waals surface area contributed by atoms with Gasteiger partial charge < -0.3 is 9.73 Å². The summed E-state index contributed by atoms with van der Waals surface area (Å²) in [5, 5.41) is 3.10. The van der Waals surface area contributed by atoms with Crippen molar-refractivity contribution >= 4 is 0 Å². The molecule has 0 spiro atoms. The minimum absolute atomic E-state index is 0.256. The number of nitrogens with one attached hydrogen (secondary N) is 1. The van der Waals surface area contributed by atoms with E-state index < -0.39 is 17.7 Å². The van der Waals surface area contributed by atoms with E-state index in [0.717, 1.165) is 17.9 Å². The van der Waals surface area contributed by atoms with Crippen LogP contribution in [0.15, 0.2) is 34.7 Å². The van der Waals surface area contributed by atoms with Crippen LogP contribution >= 0.6 is 0 Å². The highest BCUT2D eigenvalue weighted by Crippen LogP contribution is 2.26. The first-order valence-electron chi connectivity index (χ1n) is 5.86. The first kappa shape index (κ1) is 12.8. The van der Waals surface area contributed by atoms with Crippen LogP contribution in [0.2, 0.25) is 0 Å². The summed E-state index contributed by atoms with van der Waals surface area (Å²) >= 11 is 0. The van der Waals surface area contributed by atoms with Crippen LogP contribution in [0.5, 0.6) is 0 Å². The van der Waals surface area contributed by atoms with Crippen molar-refractivity contribution in [1.82, 2.24) is 5.32 Å². The van der Waals surface area contributed by atoms with Crippen molar-refractivity contribution in [2.45, 2.75) is 19.9 Å². The van der Waals surface area contributed by atoms with Crippen LogP contribution < -0.4 is 5.32 Å². The molecule has 1 unspecified atom stereocenters. The lowest BCUT2D eigenvalue weighted by atomic mass is 10.0. The van der Waals surface area contributed by atoms with Crippen molar-refractivity contribution in [2.75, 3.05) is 6.54 Å². The number of hydrogen-bond donors (Lipinski definition) is 1. The maximum absolute atomic E-state index is 13.8. The largest absolute Gasteiger partial charge is 0.464 e. The van der Waals surface area contributed by atoms with Gasteiger partial charge in [0.05, 0.1) is 6.04 Å². The van der Waals surface area contributed by atoms with Crippen LogP contribution in [0.1, 0.15) is 30.0 Å². The molecule has 0 saturated heterocycles. The zero-order valence-corrected chi connectivity index (χ0v) is 10.3. The van der Waals surface area contributed by atoms with E-state index in [9.17, 15) is 8.78 Å². The predicted molar refractivity (Wildman–Crippen MR) is 65.3 cm³/mol. The molecule has 1 aromatic heterocycles. The zero-order chi connectivity index (χ0) is 13.1. The number of benzene rings is 1. The SMILES string of the molecule is CCNC(c1ccc(C)o1)c1cc(F)ccc1F. The molecule has 0 aliphatic carbocycles. The molecule has 4 heteroatoms. The first-order chi connectivity index (χ1) is 8.61. The second-order valence-corrected chi connectivity index (χ2v) is 4.10. The Morgan fingerprint density at radius 3 is 2.61 bits per heavy atom. The molecule has 0 saturated carbocycles. The van der Waals surface area contributed by atoms with Gasteiger partial charge in [0.15, 0.2) is 0 Å². The molecular weight excluding hydrogens is 236 g/mol. The van der Waals surface area contributed by atoms with Gasteiger partial charge in [0.2, 0.25) is 0 Å². The lowest BCUT2D eigenvalue weighted by Crippen LogP contribution is -2.22. The van der Waals surface area contributed by atoms with Crippen LogP contribution in [-0.4, -0.2) is 6.54 Å². The average molecular weight is 251 g/mol.